The van der Waals surface area contributed by atoms with Gasteiger partial charge in [-0.25, -0.2) is 0 Å². The normalized spacial score (nSPS) is 13.1. The van der Waals surface area contributed by atoms with Crippen molar-refractivity contribution in [3.05, 3.63) is 17.0 Å². The van der Waals surface area contributed by atoms with E-state index in [9.17, 15) is 9.90 Å². The Kier molecular flexibility index (Phi) is 3.73. The van der Waals surface area contributed by atoms with E-state index in [-0.39, 0.29) is 5.92 Å². The number of aromatic nitrogens is 2. The van der Waals surface area contributed by atoms with Gasteiger partial charge >= 0.3 is 5.97 Å². The van der Waals surface area contributed by atoms with Crippen molar-refractivity contribution >= 4 is 5.97 Å². The Labute approximate surface area is 96.3 Å². The molecule has 4 heteroatoms. The molecule has 16 heavy (non-hydrogen) atoms. The third-order valence-corrected chi connectivity index (χ3v) is 2.98. The first kappa shape index (κ1) is 12.7. The number of nitrogens with zero attached hydrogens (tertiary/aromatic N) is 2. The van der Waals surface area contributed by atoms with Gasteiger partial charge < -0.3 is 5.11 Å². The summed E-state index contributed by atoms with van der Waals surface area (Å²) in [6, 6.07) is 0. The average molecular weight is 224 g/mol. The van der Waals surface area contributed by atoms with Gasteiger partial charge in [0, 0.05) is 17.8 Å². The maximum Gasteiger partial charge on any atom is 0.311 e. The molecule has 0 amide bonds. The molecule has 0 bridgehead atoms. The summed E-state index contributed by atoms with van der Waals surface area (Å²) in [5.41, 5.74) is 2.69. The summed E-state index contributed by atoms with van der Waals surface area (Å²) < 4.78 is 1.86. The van der Waals surface area contributed by atoms with Gasteiger partial charge in [-0.05, 0) is 26.7 Å². The predicted molar refractivity (Wildman–Crippen MR) is 62.6 cm³/mol. The highest BCUT2D eigenvalue weighted by Crippen LogP contribution is 2.29. The molecule has 0 aliphatic carbocycles. The van der Waals surface area contributed by atoms with Gasteiger partial charge in [0.1, 0.15) is 0 Å². The Morgan fingerprint density at radius 1 is 1.44 bits per heavy atom. The number of rotatable bonds is 4. The zero-order valence-electron chi connectivity index (χ0n) is 10.6. The van der Waals surface area contributed by atoms with Crippen LogP contribution >= 0.6 is 0 Å². The fourth-order valence-corrected chi connectivity index (χ4v) is 2.21. The smallest absolute Gasteiger partial charge is 0.311 e. The Hall–Kier alpha value is -1.32. The van der Waals surface area contributed by atoms with Crippen LogP contribution in [-0.4, -0.2) is 20.9 Å². The lowest BCUT2D eigenvalue weighted by Gasteiger charge is -2.17. The van der Waals surface area contributed by atoms with Crippen LogP contribution < -0.4 is 0 Å². The van der Waals surface area contributed by atoms with Crippen molar-refractivity contribution in [2.24, 2.45) is 5.92 Å². The maximum absolute atomic E-state index is 11.3. The fraction of sp³-hybridized carbons (Fsp3) is 0.667. The minimum absolute atomic E-state index is 0.0735. The zero-order valence-corrected chi connectivity index (χ0v) is 10.6. The number of hydrogen-bond donors (Lipinski definition) is 1. The highest BCUT2D eigenvalue weighted by Gasteiger charge is 2.29. The highest BCUT2D eigenvalue weighted by atomic mass is 16.4. The van der Waals surface area contributed by atoms with Gasteiger partial charge in [-0.3, -0.25) is 9.48 Å². The monoisotopic (exact) mass is 224 g/mol. The van der Waals surface area contributed by atoms with Crippen LogP contribution in [0.3, 0.4) is 0 Å². The summed E-state index contributed by atoms with van der Waals surface area (Å²) in [7, 11) is 0. The van der Waals surface area contributed by atoms with E-state index in [0.29, 0.717) is 0 Å². The molecule has 0 radical (unpaired) electrons. The van der Waals surface area contributed by atoms with Crippen molar-refractivity contribution in [3.8, 4) is 0 Å². The van der Waals surface area contributed by atoms with Crippen LogP contribution in [0.15, 0.2) is 0 Å². The van der Waals surface area contributed by atoms with Gasteiger partial charge in [-0.2, -0.15) is 5.10 Å². The van der Waals surface area contributed by atoms with Crippen LogP contribution in [0.4, 0.5) is 0 Å². The van der Waals surface area contributed by atoms with Gasteiger partial charge in [0.05, 0.1) is 11.6 Å². The van der Waals surface area contributed by atoms with Gasteiger partial charge in [-0.1, -0.05) is 13.8 Å². The lowest BCUT2D eigenvalue weighted by atomic mass is 9.87. The number of aliphatic carboxylic acids is 1. The second-order valence-electron chi connectivity index (χ2n) is 4.46. The number of aryl methyl sites for hydroxylation is 2. The first-order valence-electron chi connectivity index (χ1n) is 5.66. The number of carboxylic acid groups (broad SMARTS) is 1. The number of hydrogen-bond acceptors (Lipinski definition) is 2. The standard InChI is InChI=1S/C12H20N2O2/c1-6-14-9(5)11(8(4)13-14)10(7(2)3)12(15)16/h7,10H,6H2,1-5H3,(H,15,16). The summed E-state index contributed by atoms with van der Waals surface area (Å²) in [6.45, 7) is 10.5. The van der Waals surface area contributed by atoms with Crippen LogP contribution in [0, 0.1) is 19.8 Å². The summed E-state index contributed by atoms with van der Waals surface area (Å²) >= 11 is 0. The van der Waals surface area contributed by atoms with E-state index in [2.05, 4.69) is 5.10 Å². The number of carbonyl (C=O) groups is 1. The van der Waals surface area contributed by atoms with Crippen LogP contribution in [0.2, 0.25) is 0 Å². The quantitative estimate of drug-likeness (QED) is 0.854. The molecule has 0 saturated carbocycles. The van der Waals surface area contributed by atoms with E-state index in [0.717, 1.165) is 23.5 Å². The first-order chi connectivity index (χ1) is 7.40. The highest BCUT2D eigenvalue weighted by molar-refractivity contribution is 5.77. The van der Waals surface area contributed by atoms with Gasteiger partial charge in [0.2, 0.25) is 0 Å². The van der Waals surface area contributed by atoms with Crippen LogP contribution in [-0.2, 0) is 11.3 Å². The summed E-state index contributed by atoms with van der Waals surface area (Å²) in [4.78, 5) is 11.3. The van der Waals surface area contributed by atoms with Crippen molar-refractivity contribution < 1.29 is 9.90 Å². The summed E-state index contributed by atoms with van der Waals surface area (Å²) in [5, 5.41) is 13.7. The molecular weight excluding hydrogens is 204 g/mol. The molecule has 1 aromatic heterocycles. The molecule has 1 N–H and O–H groups in total. The molecule has 0 aliphatic heterocycles. The topological polar surface area (TPSA) is 55.1 Å². The Morgan fingerprint density at radius 2 is 2.00 bits per heavy atom. The molecule has 0 aliphatic rings. The van der Waals surface area contributed by atoms with Crippen LogP contribution in [0.25, 0.3) is 0 Å². The third-order valence-electron chi connectivity index (χ3n) is 2.98. The van der Waals surface area contributed by atoms with Crippen molar-refractivity contribution in [2.45, 2.75) is 47.1 Å². The van der Waals surface area contributed by atoms with Gasteiger partial charge in [-0.15, -0.1) is 0 Å². The predicted octanol–water partition coefficient (Wildman–Crippen LogP) is 2.34. The molecule has 0 aromatic carbocycles. The second kappa shape index (κ2) is 4.68. The van der Waals surface area contributed by atoms with Crippen LogP contribution in [0.1, 0.15) is 43.6 Å². The molecule has 1 aromatic rings. The first-order valence-corrected chi connectivity index (χ1v) is 5.66. The molecule has 0 saturated heterocycles. The van der Waals surface area contributed by atoms with E-state index in [1.807, 2.05) is 39.3 Å². The third kappa shape index (κ3) is 2.10. The Morgan fingerprint density at radius 3 is 2.31 bits per heavy atom. The van der Waals surface area contributed by atoms with Gasteiger partial charge in [0.15, 0.2) is 0 Å². The molecule has 1 unspecified atom stereocenters. The van der Waals surface area contributed by atoms with E-state index in [1.165, 1.54) is 0 Å². The zero-order chi connectivity index (χ0) is 12.5. The average Bonchev–Trinajstić information content (AvgIpc) is 2.44. The number of carboxylic acids is 1. The Bertz CT molecular complexity index is 394. The molecule has 1 heterocycles. The van der Waals surface area contributed by atoms with Gasteiger partial charge in [0.25, 0.3) is 0 Å². The molecule has 1 atom stereocenters. The van der Waals surface area contributed by atoms with E-state index >= 15 is 0 Å². The van der Waals surface area contributed by atoms with E-state index in [4.69, 9.17) is 0 Å². The summed E-state index contributed by atoms with van der Waals surface area (Å²) in [6.07, 6.45) is 0. The molecule has 4 nitrogen and oxygen atoms in total. The minimum Gasteiger partial charge on any atom is -0.481 e. The minimum atomic E-state index is -0.767. The lowest BCUT2D eigenvalue weighted by molar-refractivity contribution is -0.139. The lowest BCUT2D eigenvalue weighted by Crippen LogP contribution is -2.19. The van der Waals surface area contributed by atoms with E-state index < -0.39 is 11.9 Å². The fourth-order valence-electron chi connectivity index (χ4n) is 2.21. The molecule has 0 fully saturated rings. The van der Waals surface area contributed by atoms with Crippen molar-refractivity contribution in [3.63, 3.8) is 0 Å². The second-order valence-corrected chi connectivity index (χ2v) is 4.46. The van der Waals surface area contributed by atoms with Crippen molar-refractivity contribution in [1.29, 1.82) is 0 Å². The SMILES string of the molecule is CCn1nc(C)c(C(C(=O)O)C(C)C)c1C. The molecular formula is C12H20N2O2. The molecule has 1 rings (SSSR count). The van der Waals surface area contributed by atoms with Crippen molar-refractivity contribution in [1.82, 2.24) is 9.78 Å². The largest absolute Gasteiger partial charge is 0.481 e. The Balaban J connectivity index is 3.29. The molecule has 90 valence electrons. The van der Waals surface area contributed by atoms with E-state index in [1.54, 1.807) is 0 Å². The van der Waals surface area contributed by atoms with Crippen molar-refractivity contribution in [2.75, 3.05) is 0 Å². The maximum atomic E-state index is 11.3. The molecule has 0 spiro atoms. The van der Waals surface area contributed by atoms with Crippen LogP contribution in [0.5, 0.6) is 0 Å². The summed E-state index contributed by atoms with van der Waals surface area (Å²) in [5.74, 6) is -1.15.